The molecule has 2 unspecified atom stereocenters. The Morgan fingerprint density at radius 1 is 1.22 bits per heavy atom. The van der Waals surface area contributed by atoms with Crippen molar-refractivity contribution in [3.63, 3.8) is 0 Å². The summed E-state index contributed by atoms with van der Waals surface area (Å²) in [5.74, 6) is -2.01. The molecular formula is C14H23NO3. The van der Waals surface area contributed by atoms with Gasteiger partial charge in [-0.1, -0.05) is 32.9 Å². The van der Waals surface area contributed by atoms with Gasteiger partial charge in [0.15, 0.2) is 0 Å². The van der Waals surface area contributed by atoms with E-state index in [0.29, 0.717) is 19.4 Å². The molecule has 0 bridgehead atoms. The van der Waals surface area contributed by atoms with Gasteiger partial charge in [-0.15, -0.1) is 0 Å². The molecule has 18 heavy (non-hydrogen) atoms. The number of rotatable bonds is 4. The average molecular weight is 253 g/mol. The van der Waals surface area contributed by atoms with Gasteiger partial charge < -0.3 is 10.4 Å². The van der Waals surface area contributed by atoms with Crippen molar-refractivity contribution in [1.82, 2.24) is 5.32 Å². The number of carbonyl (C=O) groups excluding carboxylic acids is 1. The lowest BCUT2D eigenvalue weighted by Gasteiger charge is -2.25. The van der Waals surface area contributed by atoms with Crippen molar-refractivity contribution in [2.75, 3.05) is 6.54 Å². The first-order valence-corrected chi connectivity index (χ1v) is 6.47. The van der Waals surface area contributed by atoms with Gasteiger partial charge in [0.2, 0.25) is 5.91 Å². The highest BCUT2D eigenvalue weighted by molar-refractivity contribution is 5.85. The van der Waals surface area contributed by atoms with Gasteiger partial charge in [0, 0.05) is 6.54 Å². The van der Waals surface area contributed by atoms with Crippen LogP contribution in [0.15, 0.2) is 12.2 Å². The van der Waals surface area contributed by atoms with E-state index in [4.69, 9.17) is 5.11 Å². The lowest BCUT2D eigenvalue weighted by molar-refractivity contribution is -0.147. The predicted octanol–water partition coefficient (Wildman–Crippen LogP) is 2.21. The third-order valence-corrected chi connectivity index (χ3v) is 3.26. The number of hydrogen-bond donors (Lipinski definition) is 2. The first-order chi connectivity index (χ1) is 8.31. The van der Waals surface area contributed by atoms with Crippen LogP contribution >= 0.6 is 0 Å². The zero-order valence-corrected chi connectivity index (χ0v) is 11.4. The standard InChI is InChI=1S/C14H23NO3/c1-14(2,3)8-9-15-12(16)10-6-4-5-7-11(10)13(17)18/h4-5,10-11H,6-9H2,1-3H3,(H,15,16)(H,17,18). The van der Waals surface area contributed by atoms with E-state index < -0.39 is 17.8 Å². The molecule has 0 aromatic heterocycles. The molecule has 0 radical (unpaired) electrons. The van der Waals surface area contributed by atoms with Crippen LogP contribution in [0.5, 0.6) is 0 Å². The Hall–Kier alpha value is -1.32. The quantitative estimate of drug-likeness (QED) is 0.755. The number of aliphatic carboxylic acids is 1. The van der Waals surface area contributed by atoms with Crippen LogP contribution in [0.2, 0.25) is 0 Å². The number of hydrogen-bond acceptors (Lipinski definition) is 2. The number of carboxylic acid groups (broad SMARTS) is 1. The van der Waals surface area contributed by atoms with Gasteiger partial charge in [0.25, 0.3) is 0 Å². The van der Waals surface area contributed by atoms with Crippen molar-refractivity contribution in [3.05, 3.63) is 12.2 Å². The molecular weight excluding hydrogens is 230 g/mol. The van der Waals surface area contributed by atoms with Crippen LogP contribution in [0.3, 0.4) is 0 Å². The average Bonchev–Trinajstić information content (AvgIpc) is 2.27. The molecule has 2 atom stereocenters. The minimum Gasteiger partial charge on any atom is -0.481 e. The van der Waals surface area contributed by atoms with Gasteiger partial charge in [-0.3, -0.25) is 9.59 Å². The van der Waals surface area contributed by atoms with Gasteiger partial charge >= 0.3 is 5.97 Å². The lowest BCUT2D eigenvalue weighted by atomic mass is 9.82. The maximum atomic E-state index is 12.0. The summed E-state index contributed by atoms with van der Waals surface area (Å²) >= 11 is 0. The fraction of sp³-hybridized carbons (Fsp3) is 0.714. The second kappa shape index (κ2) is 6.03. The van der Waals surface area contributed by atoms with Crippen LogP contribution in [-0.2, 0) is 9.59 Å². The molecule has 0 saturated carbocycles. The van der Waals surface area contributed by atoms with Crippen LogP contribution < -0.4 is 5.32 Å². The highest BCUT2D eigenvalue weighted by Crippen LogP contribution is 2.26. The summed E-state index contributed by atoms with van der Waals surface area (Å²) < 4.78 is 0. The minimum atomic E-state index is -0.879. The number of carbonyl (C=O) groups is 2. The van der Waals surface area contributed by atoms with Crippen LogP contribution in [0.25, 0.3) is 0 Å². The van der Waals surface area contributed by atoms with Gasteiger partial charge in [0.1, 0.15) is 0 Å². The van der Waals surface area contributed by atoms with E-state index in [1.165, 1.54) is 0 Å². The Morgan fingerprint density at radius 3 is 2.28 bits per heavy atom. The van der Waals surface area contributed by atoms with Crippen molar-refractivity contribution in [1.29, 1.82) is 0 Å². The molecule has 1 amide bonds. The number of allylic oxidation sites excluding steroid dienone is 2. The van der Waals surface area contributed by atoms with E-state index in [0.717, 1.165) is 6.42 Å². The SMILES string of the molecule is CC(C)(C)CCNC(=O)C1CC=CCC1C(=O)O. The molecule has 1 rings (SSSR count). The Kier molecular flexibility index (Phi) is 4.93. The zero-order valence-electron chi connectivity index (χ0n) is 11.4. The second-order valence-electron chi connectivity index (χ2n) is 6.10. The summed E-state index contributed by atoms with van der Waals surface area (Å²) in [5, 5.41) is 12.0. The Morgan fingerprint density at radius 2 is 1.78 bits per heavy atom. The highest BCUT2D eigenvalue weighted by atomic mass is 16.4. The van der Waals surface area contributed by atoms with Gasteiger partial charge in [-0.2, -0.15) is 0 Å². The molecule has 4 heteroatoms. The van der Waals surface area contributed by atoms with Crippen LogP contribution in [0.1, 0.15) is 40.0 Å². The number of nitrogens with one attached hydrogen (secondary N) is 1. The van der Waals surface area contributed by atoms with Crippen molar-refractivity contribution >= 4 is 11.9 Å². The number of amides is 1. The summed E-state index contributed by atoms with van der Waals surface area (Å²) in [5.41, 5.74) is 0.173. The van der Waals surface area contributed by atoms with E-state index in [9.17, 15) is 9.59 Å². The van der Waals surface area contributed by atoms with Gasteiger partial charge in [-0.25, -0.2) is 0 Å². The topological polar surface area (TPSA) is 66.4 Å². The summed E-state index contributed by atoms with van der Waals surface area (Å²) in [6.07, 6.45) is 5.61. The molecule has 0 aromatic rings. The van der Waals surface area contributed by atoms with E-state index in [1.54, 1.807) is 0 Å². The molecule has 102 valence electrons. The summed E-state index contributed by atoms with van der Waals surface area (Å²) in [7, 11) is 0. The first kappa shape index (κ1) is 14.7. The molecule has 1 aliphatic carbocycles. The Balaban J connectivity index is 2.49. The number of carboxylic acids is 1. The summed E-state index contributed by atoms with van der Waals surface area (Å²) in [6.45, 7) is 6.95. The molecule has 0 spiro atoms. The van der Waals surface area contributed by atoms with Gasteiger partial charge in [-0.05, 0) is 24.7 Å². The third kappa shape index (κ3) is 4.51. The maximum Gasteiger partial charge on any atom is 0.307 e. The van der Waals surface area contributed by atoms with Crippen molar-refractivity contribution in [3.8, 4) is 0 Å². The molecule has 2 N–H and O–H groups in total. The molecule has 0 heterocycles. The van der Waals surface area contributed by atoms with Crippen LogP contribution in [0.4, 0.5) is 0 Å². The highest BCUT2D eigenvalue weighted by Gasteiger charge is 2.33. The van der Waals surface area contributed by atoms with Crippen molar-refractivity contribution in [2.45, 2.75) is 40.0 Å². The molecule has 0 aromatic carbocycles. The minimum absolute atomic E-state index is 0.129. The first-order valence-electron chi connectivity index (χ1n) is 6.47. The van der Waals surface area contributed by atoms with Crippen molar-refractivity contribution < 1.29 is 14.7 Å². The van der Waals surface area contributed by atoms with Crippen molar-refractivity contribution in [2.24, 2.45) is 17.3 Å². The zero-order chi connectivity index (χ0) is 13.8. The molecule has 1 aliphatic rings. The fourth-order valence-electron chi connectivity index (χ4n) is 2.07. The Bertz CT molecular complexity index is 341. The second-order valence-corrected chi connectivity index (χ2v) is 6.10. The molecule has 4 nitrogen and oxygen atoms in total. The predicted molar refractivity (Wildman–Crippen MR) is 70.1 cm³/mol. The third-order valence-electron chi connectivity index (χ3n) is 3.26. The van der Waals surface area contributed by atoms with Gasteiger partial charge in [0.05, 0.1) is 11.8 Å². The van der Waals surface area contributed by atoms with E-state index in [2.05, 4.69) is 26.1 Å². The van der Waals surface area contributed by atoms with E-state index in [-0.39, 0.29) is 11.3 Å². The molecule has 0 fully saturated rings. The smallest absolute Gasteiger partial charge is 0.307 e. The maximum absolute atomic E-state index is 12.0. The molecule has 0 aliphatic heterocycles. The van der Waals surface area contributed by atoms with Crippen LogP contribution in [-0.4, -0.2) is 23.5 Å². The largest absolute Gasteiger partial charge is 0.481 e. The lowest BCUT2D eigenvalue weighted by Crippen LogP contribution is -2.39. The molecule has 0 saturated heterocycles. The van der Waals surface area contributed by atoms with E-state index in [1.807, 2.05) is 12.2 Å². The Labute approximate surface area is 108 Å². The summed E-state index contributed by atoms with van der Waals surface area (Å²) in [6, 6.07) is 0. The normalized spacial score (nSPS) is 23.7. The summed E-state index contributed by atoms with van der Waals surface area (Å²) in [4.78, 5) is 23.1. The van der Waals surface area contributed by atoms with Crippen LogP contribution in [0, 0.1) is 17.3 Å². The monoisotopic (exact) mass is 253 g/mol. The van der Waals surface area contributed by atoms with E-state index >= 15 is 0 Å². The fourth-order valence-corrected chi connectivity index (χ4v) is 2.07.